The summed E-state index contributed by atoms with van der Waals surface area (Å²) in [6, 6.07) is 15.6. The van der Waals surface area contributed by atoms with E-state index in [0.29, 0.717) is 18.1 Å². The van der Waals surface area contributed by atoms with E-state index in [1.807, 2.05) is 43.3 Å². The lowest BCUT2D eigenvalue weighted by Crippen LogP contribution is -2.17. The average Bonchev–Trinajstić information content (AvgIpc) is 3.08. The van der Waals surface area contributed by atoms with Gasteiger partial charge in [-0.15, -0.1) is 5.10 Å². The minimum absolute atomic E-state index is 0.200. The van der Waals surface area contributed by atoms with E-state index in [4.69, 9.17) is 0 Å². The lowest BCUT2D eigenvalue weighted by Gasteiger charge is -2.11. The second-order valence-corrected chi connectivity index (χ2v) is 6.72. The van der Waals surface area contributed by atoms with Crippen molar-refractivity contribution in [3.63, 3.8) is 0 Å². The summed E-state index contributed by atoms with van der Waals surface area (Å²) in [4.78, 5) is 20.2. The van der Waals surface area contributed by atoms with Crippen LogP contribution < -0.4 is 10.9 Å². The zero-order chi connectivity index (χ0) is 19.0. The highest BCUT2D eigenvalue weighted by Crippen LogP contribution is 2.20. The van der Waals surface area contributed by atoms with Gasteiger partial charge in [0.2, 0.25) is 5.78 Å². The van der Waals surface area contributed by atoms with Crippen LogP contribution >= 0.6 is 0 Å². The number of fused-ring (bicyclic) bond motifs is 1. The van der Waals surface area contributed by atoms with Gasteiger partial charge < -0.3 is 10.3 Å². The number of hydrogen-bond donors (Lipinski definition) is 2. The van der Waals surface area contributed by atoms with Gasteiger partial charge in [0, 0.05) is 23.0 Å². The maximum atomic E-state index is 12.5. The van der Waals surface area contributed by atoms with Crippen molar-refractivity contribution in [2.75, 3.05) is 5.32 Å². The Hall–Kier alpha value is -3.41. The van der Waals surface area contributed by atoms with Crippen molar-refractivity contribution in [2.45, 2.75) is 27.3 Å². The smallest absolute Gasteiger partial charge is 0.275 e. The first kappa shape index (κ1) is 17.0. The zero-order valence-corrected chi connectivity index (χ0v) is 15.6. The lowest BCUT2D eigenvalue weighted by molar-refractivity contribution is 0.878. The van der Waals surface area contributed by atoms with Gasteiger partial charge >= 0.3 is 0 Å². The molecule has 27 heavy (non-hydrogen) atoms. The van der Waals surface area contributed by atoms with Crippen molar-refractivity contribution in [1.29, 1.82) is 0 Å². The molecule has 2 heterocycles. The number of hydrogen-bond acceptors (Lipinski definition) is 4. The van der Waals surface area contributed by atoms with E-state index in [0.717, 1.165) is 22.5 Å². The molecule has 2 aromatic carbocycles. The maximum absolute atomic E-state index is 12.5. The van der Waals surface area contributed by atoms with Gasteiger partial charge in [0.05, 0.1) is 6.54 Å². The highest BCUT2D eigenvalue weighted by molar-refractivity contribution is 5.61. The lowest BCUT2D eigenvalue weighted by atomic mass is 10.1. The molecule has 0 saturated carbocycles. The van der Waals surface area contributed by atoms with Crippen molar-refractivity contribution in [3.8, 4) is 11.4 Å². The third-order valence-electron chi connectivity index (χ3n) is 4.85. The first-order valence-corrected chi connectivity index (χ1v) is 8.88. The zero-order valence-electron chi connectivity index (χ0n) is 15.6. The SMILES string of the molecule is Cc1ccccc1-c1nc2[nH]c(CNc3cccc(C)c3C)cc(=O)n2n1. The molecular formula is C21H21N5O. The first-order chi connectivity index (χ1) is 13.0. The van der Waals surface area contributed by atoms with Crippen LogP contribution in [0.5, 0.6) is 0 Å². The molecular weight excluding hydrogens is 338 g/mol. The van der Waals surface area contributed by atoms with E-state index in [9.17, 15) is 4.79 Å². The van der Waals surface area contributed by atoms with Gasteiger partial charge in [-0.25, -0.2) is 0 Å². The van der Waals surface area contributed by atoms with Gasteiger partial charge in [-0.3, -0.25) is 4.79 Å². The summed E-state index contributed by atoms with van der Waals surface area (Å²) < 4.78 is 1.31. The van der Waals surface area contributed by atoms with Crippen molar-refractivity contribution in [3.05, 3.63) is 81.3 Å². The molecule has 0 radical (unpaired) electrons. The van der Waals surface area contributed by atoms with Gasteiger partial charge in [-0.05, 0) is 43.5 Å². The quantitative estimate of drug-likeness (QED) is 0.583. The molecule has 2 N–H and O–H groups in total. The third-order valence-corrected chi connectivity index (χ3v) is 4.85. The Morgan fingerprint density at radius 3 is 2.63 bits per heavy atom. The predicted molar refractivity (Wildman–Crippen MR) is 107 cm³/mol. The van der Waals surface area contributed by atoms with Crippen LogP contribution in [0.4, 0.5) is 5.69 Å². The van der Waals surface area contributed by atoms with Crippen molar-refractivity contribution in [1.82, 2.24) is 19.6 Å². The van der Waals surface area contributed by atoms with Gasteiger partial charge in [0.25, 0.3) is 5.56 Å². The van der Waals surface area contributed by atoms with Crippen LogP contribution in [0.2, 0.25) is 0 Å². The van der Waals surface area contributed by atoms with Crippen LogP contribution in [0.1, 0.15) is 22.4 Å². The van der Waals surface area contributed by atoms with Crippen LogP contribution in [0.3, 0.4) is 0 Å². The molecule has 0 amide bonds. The van der Waals surface area contributed by atoms with Crippen LogP contribution in [0.15, 0.2) is 53.3 Å². The van der Waals surface area contributed by atoms with Crippen LogP contribution in [-0.2, 0) is 6.54 Å². The Bertz CT molecular complexity index is 1190. The molecule has 0 aliphatic carbocycles. The summed E-state index contributed by atoms with van der Waals surface area (Å²) in [5.74, 6) is 0.986. The Balaban J connectivity index is 1.66. The largest absolute Gasteiger partial charge is 0.379 e. The van der Waals surface area contributed by atoms with E-state index in [1.165, 1.54) is 15.6 Å². The maximum Gasteiger partial charge on any atom is 0.275 e. The molecule has 0 aliphatic heterocycles. The van der Waals surface area contributed by atoms with E-state index in [1.54, 1.807) is 6.07 Å². The van der Waals surface area contributed by atoms with E-state index < -0.39 is 0 Å². The topological polar surface area (TPSA) is 75.1 Å². The summed E-state index contributed by atoms with van der Waals surface area (Å²) in [6.07, 6.45) is 0. The Kier molecular flexibility index (Phi) is 4.24. The average molecular weight is 359 g/mol. The van der Waals surface area contributed by atoms with Crippen molar-refractivity contribution >= 4 is 11.5 Å². The monoisotopic (exact) mass is 359 g/mol. The molecule has 0 spiro atoms. The molecule has 0 bridgehead atoms. The molecule has 0 unspecified atom stereocenters. The van der Waals surface area contributed by atoms with Gasteiger partial charge in [-0.1, -0.05) is 36.4 Å². The minimum atomic E-state index is -0.200. The molecule has 4 rings (SSSR count). The Labute approximate surface area is 156 Å². The Morgan fingerprint density at radius 2 is 1.81 bits per heavy atom. The summed E-state index contributed by atoms with van der Waals surface area (Å²) in [6.45, 7) is 6.67. The molecule has 136 valence electrons. The fourth-order valence-corrected chi connectivity index (χ4v) is 3.10. The molecule has 2 aromatic heterocycles. The van der Waals surface area contributed by atoms with E-state index in [2.05, 4.69) is 40.3 Å². The number of nitrogens with one attached hydrogen (secondary N) is 2. The van der Waals surface area contributed by atoms with Crippen LogP contribution in [-0.4, -0.2) is 19.6 Å². The molecule has 0 aliphatic rings. The van der Waals surface area contributed by atoms with Gasteiger partial charge in [0.15, 0.2) is 5.82 Å². The van der Waals surface area contributed by atoms with Crippen molar-refractivity contribution < 1.29 is 0 Å². The first-order valence-electron chi connectivity index (χ1n) is 8.88. The number of H-pyrrole nitrogens is 1. The standard InChI is InChI=1S/C21H21N5O/c1-13-8-6-10-18(15(13)3)22-12-16-11-19(27)26-21(23-16)24-20(25-26)17-9-5-4-7-14(17)2/h4-11,22H,12H2,1-3H3,(H,23,24,25). The number of rotatable bonds is 4. The highest BCUT2D eigenvalue weighted by Gasteiger charge is 2.12. The summed E-state index contributed by atoms with van der Waals surface area (Å²) in [7, 11) is 0. The number of aromatic amines is 1. The fraction of sp³-hybridized carbons (Fsp3) is 0.190. The van der Waals surface area contributed by atoms with Crippen LogP contribution in [0, 0.1) is 20.8 Å². The number of aryl methyl sites for hydroxylation is 2. The normalized spacial score (nSPS) is 11.1. The van der Waals surface area contributed by atoms with E-state index >= 15 is 0 Å². The third kappa shape index (κ3) is 3.21. The second kappa shape index (κ2) is 6.72. The predicted octanol–water partition coefficient (Wildman–Crippen LogP) is 3.62. The minimum Gasteiger partial charge on any atom is -0.379 e. The molecule has 0 saturated heterocycles. The van der Waals surface area contributed by atoms with Crippen molar-refractivity contribution in [2.24, 2.45) is 0 Å². The molecule has 4 aromatic rings. The number of benzene rings is 2. The van der Waals surface area contributed by atoms with Gasteiger partial charge in [0.1, 0.15) is 0 Å². The Morgan fingerprint density at radius 1 is 1.04 bits per heavy atom. The molecule has 0 fully saturated rings. The molecule has 6 heteroatoms. The number of nitrogens with zero attached hydrogens (tertiary/aromatic N) is 3. The van der Waals surface area contributed by atoms with Crippen LogP contribution in [0.25, 0.3) is 17.2 Å². The van der Waals surface area contributed by atoms with Gasteiger partial charge in [-0.2, -0.15) is 9.50 Å². The second-order valence-electron chi connectivity index (χ2n) is 6.72. The summed E-state index contributed by atoms with van der Waals surface area (Å²) in [5.41, 5.74) is 6.03. The molecule has 6 nitrogen and oxygen atoms in total. The number of anilines is 1. The summed E-state index contributed by atoms with van der Waals surface area (Å²) in [5, 5.41) is 7.75. The molecule has 0 atom stereocenters. The summed E-state index contributed by atoms with van der Waals surface area (Å²) >= 11 is 0. The fourth-order valence-electron chi connectivity index (χ4n) is 3.10. The number of aromatic nitrogens is 4. The highest BCUT2D eigenvalue weighted by atomic mass is 16.1. The van der Waals surface area contributed by atoms with E-state index in [-0.39, 0.29) is 5.56 Å².